The van der Waals surface area contributed by atoms with Crippen molar-refractivity contribution in [1.29, 1.82) is 0 Å². The Labute approximate surface area is 116 Å². The highest BCUT2D eigenvalue weighted by atomic mass is 16.5. The number of fused-ring (bicyclic) bond motifs is 1. The van der Waals surface area contributed by atoms with Gasteiger partial charge in [-0.25, -0.2) is 0 Å². The van der Waals surface area contributed by atoms with Crippen LogP contribution in [0.15, 0.2) is 0 Å². The van der Waals surface area contributed by atoms with Crippen LogP contribution in [0, 0.1) is 0 Å². The summed E-state index contributed by atoms with van der Waals surface area (Å²) in [5.41, 5.74) is 5.98. The van der Waals surface area contributed by atoms with Gasteiger partial charge in [-0.05, 0) is 32.7 Å². The van der Waals surface area contributed by atoms with E-state index in [1.165, 1.54) is 25.8 Å². The number of nitrogens with two attached hydrogens (primary N) is 1. The molecular formula is C14H27N3O2. The van der Waals surface area contributed by atoms with Crippen molar-refractivity contribution in [3.8, 4) is 0 Å². The molecule has 0 aromatic carbocycles. The van der Waals surface area contributed by atoms with Crippen LogP contribution in [0.3, 0.4) is 0 Å². The van der Waals surface area contributed by atoms with Crippen molar-refractivity contribution in [2.24, 2.45) is 5.73 Å². The maximum absolute atomic E-state index is 12.4. The highest BCUT2D eigenvalue weighted by Gasteiger charge is 2.36. The van der Waals surface area contributed by atoms with E-state index >= 15 is 0 Å². The number of hydrogen-bond acceptors (Lipinski definition) is 4. The Bertz CT molecular complexity index is 311. The molecule has 2 N–H and O–H groups in total. The number of methoxy groups -OCH3 is 1. The highest BCUT2D eigenvalue weighted by molar-refractivity contribution is 5.82. The van der Waals surface area contributed by atoms with E-state index in [0.717, 1.165) is 13.1 Å². The average molecular weight is 269 g/mol. The fourth-order valence-corrected chi connectivity index (χ4v) is 3.24. The van der Waals surface area contributed by atoms with E-state index in [1.807, 2.05) is 4.90 Å². The Balaban J connectivity index is 1.93. The number of carbonyl (C=O) groups excluding carboxylic acids is 1. The molecule has 3 unspecified atom stereocenters. The molecule has 0 spiro atoms. The first-order valence-corrected chi connectivity index (χ1v) is 7.42. The van der Waals surface area contributed by atoms with Crippen LogP contribution in [-0.2, 0) is 9.53 Å². The summed E-state index contributed by atoms with van der Waals surface area (Å²) in [7, 11) is 1.64. The van der Waals surface area contributed by atoms with Gasteiger partial charge in [0.2, 0.25) is 5.91 Å². The standard InChI is InChI=1S/C14H27N3O2/c1-11-9-16-7-4-3-5-12(16)10-17(11)14(18)13(15)6-8-19-2/h11-13H,3-10,15H2,1-2H3. The first-order valence-electron chi connectivity index (χ1n) is 7.42. The van der Waals surface area contributed by atoms with E-state index in [2.05, 4.69) is 11.8 Å². The monoisotopic (exact) mass is 269 g/mol. The van der Waals surface area contributed by atoms with Gasteiger partial charge in [-0.2, -0.15) is 0 Å². The Hall–Kier alpha value is -0.650. The van der Waals surface area contributed by atoms with Crippen LogP contribution in [0.25, 0.3) is 0 Å². The second-order valence-electron chi connectivity index (χ2n) is 5.87. The van der Waals surface area contributed by atoms with Gasteiger partial charge in [-0.3, -0.25) is 9.69 Å². The third-order valence-corrected chi connectivity index (χ3v) is 4.42. The summed E-state index contributed by atoms with van der Waals surface area (Å²) in [6.07, 6.45) is 4.40. The summed E-state index contributed by atoms with van der Waals surface area (Å²) >= 11 is 0. The summed E-state index contributed by atoms with van der Waals surface area (Å²) in [5, 5.41) is 0. The van der Waals surface area contributed by atoms with Crippen LogP contribution in [0.1, 0.15) is 32.6 Å². The van der Waals surface area contributed by atoms with Crippen LogP contribution in [0.5, 0.6) is 0 Å². The van der Waals surface area contributed by atoms with Gasteiger partial charge in [0.15, 0.2) is 0 Å². The summed E-state index contributed by atoms with van der Waals surface area (Å²) in [6, 6.07) is 0.400. The molecule has 110 valence electrons. The lowest BCUT2D eigenvalue weighted by Gasteiger charge is -2.48. The molecule has 2 heterocycles. The molecule has 19 heavy (non-hydrogen) atoms. The molecule has 0 bridgehead atoms. The van der Waals surface area contributed by atoms with Gasteiger partial charge in [-0.15, -0.1) is 0 Å². The molecule has 0 aromatic rings. The SMILES string of the molecule is COCCC(N)C(=O)N1CC2CCCCN2CC1C. The highest BCUT2D eigenvalue weighted by Crippen LogP contribution is 2.24. The Kier molecular flexibility index (Phi) is 5.19. The van der Waals surface area contributed by atoms with Gasteiger partial charge < -0.3 is 15.4 Å². The van der Waals surface area contributed by atoms with Gasteiger partial charge in [0.25, 0.3) is 0 Å². The summed E-state index contributed by atoms with van der Waals surface area (Å²) in [6.45, 7) is 5.71. The fraction of sp³-hybridized carbons (Fsp3) is 0.929. The second kappa shape index (κ2) is 6.68. The lowest BCUT2D eigenvalue weighted by Crippen LogP contribution is -2.62. The molecular weight excluding hydrogens is 242 g/mol. The predicted molar refractivity (Wildman–Crippen MR) is 74.9 cm³/mol. The molecule has 1 amide bonds. The molecule has 2 aliphatic heterocycles. The van der Waals surface area contributed by atoms with E-state index in [1.54, 1.807) is 7.11 Å². The van der Waals surface area contributed by atoms with Crippen LogP contribution in [-0.4, -0.2) is 67.2 Å². The fourth-order valence-electron chi connectivity index (χ4n) is 3.24. The van der Waals surface area contributed by atoms with Crippen molar-refractivity contribution < 1.29 is 9.53 Å². The molecule has 2 rings (SSSR count). The zero-order valence-electron chi connectivity index (χ0n) is 12.2. The number of rotatable bonds is 4. The van der Waals surface area contributed by atoms with Gasteiger partial charge in [0.05, 0.1) is 6.04 Å². The lowest BCUT2D eigenvalue weighted by molar-refractivity contribution is -0.139. The molecule has 2 saturated heterocycles. The molecule has 2 aliphatic rings. The van der Waals surface area contributed by atoms with Crippen LogP contribution in [0.4, 0.5) is 0 Å². The maximum atomic E-state index is 12.4. The Morgan fingerprint density at radius 2 is 2.21 bits per heavy atom. The van der Waals surface area contributed by atoms with Crippen LogP contribution >= 0.6 is 0 Å². The van der Waals surface area contributed by atoms with E-state index in [-0.39, 0.29) is 11.9 Å². The number of amides is 1. The Morgan fingerprint density at radius 1 is 1.42 bits per heavy atom. The molecule has 3 atom stereocenters. The molecule has 5 heteroatoms. The van der Waals surface area contributed by atoms with E-state index in [9.17, 15) is 4.79 Å². The van der Waals surface area contributed by atoms with Gasteiger partial charge in [0, 0.05) is 38.9 Å². The first kappa shape index (κ1) is 14.8. The van der Waals surface area contributed by atoms with Crippen molar-refractivity contribution in [2.45, 2.75) is 50.7 Å². The number of piperazine rings is 1. The molecule has 2 fully saturated rings. The number of nitrogens with zero attached hydrogens (tertiary/aromatic N) is 2. The zero-order valence-corrected chi connectivity index (χ0v) is 12.2. The van der Waals surface area contributed by atoms with Crippen molar-refractivity contribution >= 4 is 5.91 Å². The third-order valence-electron chi connectivity index (χ3n) is 4.42. The van der Waals surface area contributed by atoms with Crippen LogP contribution < -0.4 is 5.73 Å². The number of carbonyl (C=O) groups is 1. The minimum atomic E-state index is -0.419. The minimum Gasteiger partial charge on any atom is -0.385 e. The zero-order chi connectivity index (χ0) is 13.8. The third kappa shape index (κ3) is 3.46. The number of piperidine rings is 1. The molecule has 0 radical (unpaired) electrons. The molecule has 0 aliphatic carbocycles. The Morgan fingerprint density at radius 3 is 2.95 bits per heavy atom. The average Bonchev–Trinajstić information content (AvgIpc) is 2.43. The topological polar surface area (TPSA) is 58.8 Å². The van der Waals surface area contributed by atoms with E-state index in [4.69, 9.17) is 10.5 Å². The first-order chi connectivity index (χ1) is 9.13. The van der Waals surface area contributed by atoms with Crippen molar-refractivity contribution in [3.05, 3.63) is 0 Å². The summed E-state index contributed by atoms with van der Waals surface area (Å²) in [4.78, 5) is 16.9. The normalized spacial score (nSPS) is 29.9. The van der Waals surface area contributed by atoms with E-state index < -0.39 is 6.04 Å². The predicted octanol–water partition coefficient (Wildman–Crippen LogP) is 0.435. The quantitative estimate of drug-likeness (QED) is 0.804. The summed E-state index contributed by atoms with van der Waals surface area (Å²) < 4.78 is 5.00. The minimum absolute atomic E-state index is 0.0924. The maximum Gasteiger partial charge on any atom is 0.239 e. The van der Waals surface area contributed by atoms with E-state index in [0.29, 0.717) is 19.1 Å². The van der Waals surface area contributed by atoms with Gasteiger partial charge in [0.1, 0.15) is 0 Å². The number of hydrogen-bond donors (Lipinski definition) is 1. The number of ether oxygens (including phenoxy) is 1. The van der Waals surface area contributed by atoms with Gasteiger partial charge in [-0.1, -0.05) is 6.42 Å². The lowest BCUT2D eigenvalue weighted by atomic mass is 9.96. The smallest absolute Gasteiger partial charge is 0.239 e. The summed E-state index contributed by atoms with van der Waals surface area (Å²) in [5.74, 6) is 0.0924. The largest absolute Gasteiger partial charge is 0.385 e. The van der Waals surface area contributed by atoms with Crippen molar-refractivity contribution in [1.82, 2.24) is 9.80 Å². The molecule has 0 aromatic heterocycles. The van der Waals surface area contributed by atoms with Crippen LogP contribution in [0.2, 0.25) is 0 Å². The van der Waals surface area contributed by atoms with Gasteiger partial charge >= 0.3 is 0 Å². The molecule has 5 nitrogen and oxygen atoms in total. The molecule has 0 saturated carbocycles. The van der Waals surface area contributed by atoms with Crippen molar-refractivity contribution in [2.75, 3.05) is 33.4 Å². The second-order valence-corrected chi connectivity index (χ2v) is 5.87. The van der Waals surface area contributed by atoms with Crippen molar-refractivity contribution in [3.63, 3.8) is 0 Å².